The Balaban J connectivity index is 1.70. The number of ether oxygens (including phenoxy) is 2. The number of rotatable bonds is 9. The van der Waals surface area contributed by atoms with Gasteiger partial charge in [-0.15, -0.1) is 0 Å². The smallest absolute Gasteiger partial charge is 0.347 e. The van der Waals surface area contributed by atoms with Gasteiger partial charge in [-0.25, -0.2) is 4.79 Å². The Morgan fingerprint density at radius 3 is 2.36 bits per heavy atom. The van der Waals surface area contributed by atoms with Crippen molar-refractivity contribution < 1.29 is 23.9 Å². The lowest BCUT2D eigenvalue weighted by Crippen LogP contribution is -2.37. The normalized spacial score (nSPS) is 11.2. The molecule has 28 heavy (non-hydrogen) atoms. The van der Waals surface area contributed by atoms with Gasteiger partial charge in [-0.05, 0) is 37.1 Å². The summed E-state index contributed by atoms with van der Waals surface area (Å²) in [6, 6.07) is 16.3. The second-order valence-corrected chi connectivity index (χ2v) is 6.02. The number of para-hydroxylation sites is 2. The van der Waals surface area contributed by atoms with Crippen LogP contribution in [0.15, 0.2) is 54.6 Å². The number of anilines is 1. The first-order valence-electron chi connectivity index (χ1n) is 9.02. The summed E-state index contributed by atoms with van der Waals surface area (Å²) in [7, 11) is 0. The van der Waals surface area contributed by atoms with E-state index >= 15 is 0 Å². The van der Waals surface area contributed by atoms with Crippen molar-refractivity contribution in [1.82, 2.24) is 5.32 Å². The molecule has 0 aromatic heterocycles. The molecule has 0 heterocycles. The molecule has 148 valence electrons. The molecule has 7 heteroatoms. The zero-order valence-electron chi connectivity index (χ0n) is 15.9. The molecule has 7 nitrogen and oxygen atoms in total. The second kappa shape index (κ2) is 10.7. The summed E-state index contributed by atoms with van der Waals surface area (Å²) < 4.78 is 10.3. The van der Waals surface area contributed by atoms with Gasteiger partial charge in [-0.3, -0.25) is 9.59 Å². The van der Waals surface area contributed by atoms with Crippen LogP contribution in [-0.2, 0) is 25.5 Å². The average molecular weight is 384 g/mol. The lowest BCUT2D eigenvalue weighted by atomic mass is 10.1. The summed E-state index contributed by atoms with van der Waals surface area (Å²) in [5.41, 5.74) is 1.71. The molecule has 0 unspecified atom stereocenters. The monoisotopic (exact) mass is 384 g/mol. The Morgan fingerprint density at radius 1 is 0.964 bits per heavy atom. The van der Waals surface area contributed by atoms with Crippen LogP contribution in [0.4, 0.5) is 5.69 Å². The maximum absolute atomic E-state index is 12.0. The summed E-state index contributed by atoms with van der Waals surface area (Å²) in [5, 5.41) is 5.16. The van der Waals surface area contributed by atoms with E-state index < -0.39 is 24.6 Å². The molecule has 0 bridgehead atoms. The van der Waals surface area contributed by atoms with Crippen molar-refractivity contribution in [3.63, 3.8) is 0 Å². The molecule has 2 aromatic carbocycles. The highest BCUT2D eigenvalue weighted by Gasteiger charge is 2.18. The molecule has 0 fully saturated rings. The third kappa shape index (κ3) is 6.75. The lowest BCUT2D eigenvalue weighted by Gasteiger charge is -2.14. The van der Waals surface area contributed by atoms with Gasteiger partial charge in [0, 0.05) is 5.69 Å². The SMILES string of the molecule is CCc1ccccc1NC(=O)CNC(=O)COC(=O)[C@H](C)Oc1ccccc1. The molecule has 0 saturated heterocycles. The van der Waals surface area contributed by atoms with Gasteiger partial charge in [0.1, 0.15) is 5.75 Å². The van der Waals surface area contributed by atoms with E-state index in [4.69, 9.17) is 9.47 Å². The maximum atomic E-state index is 12.0. The molecule has 0 saturated carbocycles. The fourth-order valence-corrected chi connectivity index (χ4v) is 2.38. The van der Waals surface area contributed by atoms with Crippen molar-refractivity contribution in [1.29, 1.82) is 0 Å². The second-order valence-electron chi connectivity index (χ2n) is 6.02. The first-order chi connectivity index (χ1) is 13.5. The minimum atomic E-state index is -0.857. The first-order valence-corrected chi connectivity index (χ1v) is 9.02. The molecule has 0 radical (unpaired) electrons. The zero-order chi connectivity index (χ0) is 20.4. The number of aryl methyl sites for hydroxylation is 1. The Kier molecular flexibility index (Phi) is 8.02. The molecule has 0 aliphatic heterocycles. The van der Waals surface area contributed by atoms with Gasteiger partial charge in [-0.2, -0.15) is 0 Å². The number of amides is 2. The van der Waals surface area contributed by atoms with Gasteiger partial charge in [0.15, 0.2) is 12.7 Å². The Hall–Kier alpha value is -3.35. The Labute approximate surface area is 164 Å². The van der Waals surface area contributed by atoms with Crippen molar-refractivity contribution in [3.8, 4) is 5.75 Å². The number of carbonyl (C=O) groups excluding carboxylic acids is 3. The largest absolute Gasteiger partial charge is 0.479 e. The summed E-state index contributed by atoms with van der Waals surface area (Å²) >= 11 is 0. The van der Waals surface area contributed by atoms with Crippen molar-refractivity contribution in [2.75, 3.05) is 18.5 Å². The summed E-state index contributed by atoms with van der Waals surface area (Å²) in [4.78, 5) is 35.7. The molecule has 2 rings (SSSR count). The van der Waals surface area contributed by atoms with Gasteiger partial charge >= 0.3 is 5.97 Å². The first kappa shape index (κ1) is 21.0. The number of carbonyl (C=O) groups is 3. The van der Waals surface area contributed by atoms with E-state index in [0.29, 0.717) is 11.4 Å². The highest BCUT2D eigenvalue weighted by atomic mass is 16.6. The molecule has 2 amide bonds. The van der Waals surface area contributed by atoms with Crippen LogP contribution in [0.25, 0.3) is 0 Å². The van der Waals surface area contributed by atoms with Crippen LogP contribution in [0.5, 0.6) is 5.75 Å². The summed E-state index contributed by atoms with van der Waals surface area (Å²) in [6.07, 6.45) is -0.0776. The van der Waals surface area contributed by atoms with Crippen LogP contribution >= 0.6 is 0 Å². The Morgan fingerprint density at radius 2 is 1.64 bits per heavy atom. The minimum absolute atomic E-state index is 0.218. The van der Waals surface area contributed by atoms with Crippen LogP contribution in [0.1, 0.15) is 19.4 Å². The van der Waals surface area contributed by atoms with Crippen LogP contribution < -0.4 is 15.4 Å². The van der Waals surface area contributed by atoms with Crippen molar-refractivity contribution >= 4 is 23.5 Å². The number of esters is 1. The maximum Gasteiger partial charge on any atom is 0.347 e. The van der Waals surface area contributed by atoms with Gasteiger partial charge in [0.05, 0.1) is 6.54 Å². The standard InChI is InChI=1S/C21H24N2O5/c1-3-16-9-7-8-12-18(16)23-19(24)13-22-20(25)14-27-21(26)15(2)28-17-10-5-4-6-11-17/h4-12,15H,3,13-14H2,1-2H3,(H,22,25)(H,23,24)/t15-/m0/s1. The van der Waals surface area contributed by atoms with E-state index in [1.165, 1.54) is 6.92 Å². The molecular weight excluding hydrogens is 360 g/mol. The van der Waals surface area contributed by atoms with Gasteiger partial charge < -0.3 is 20.1 Å². The zero-order valence-corrected chi connectivity index (χ0v) is 15.9. The van der Waals surface area contributed by atoms with Crippen LogP contribution in [0, 0.1) is 0 Å². The van der Waals surface area contributed by atoms with Crippen molar-refractivity contribution in [3.05, 3.63) is 60.2 Å². The highest BCUT2D eigenvalue weighted by molar-refractivity contribution is 5.95. The highest BCUT2D eigenvalue weighted by Crippen LogP contribution is 2.15. The number of nitrogens with one attached hydrogen (secondary N) is 2. The van der Waals surface area contributed by atoms with Crippen LogP contribution in [0.2, 0.25) is 0 Å². The quantitative estimate of drug-likeness (QED) is 0.647. The van der Waals surface area contributed by atoms with Crippen LogP contribution in [0.3, 0.4) is 0 Å². The van der Waals surface area contributed by atoms with E-state index in [1.54, 1.807) is 30.3 Å². The Bertz CT molecular complexity index is 807. The van der Waals surface area contributed by atoms with Gasteiger partial charge in [0.25, 0.3) is 5.91 Å². The number of benzene rings is 2. The van der Waals surface area contributed by atoms with E-state index in [2.05, 4.69) is 10.6 Å². The fourth-order valence-electron chi connectivity index (χ4n) is 2.38. The predicted molar refractivity (Wildman–Crippen MR) is 105 cm³/mol. The van der Waals surface area contributed by atoms with E-state index in [1.807, 2.05) is 31.2 Å². The number of hydrogen-bond donors (Lipinski definition) is 2. The van der Waals surface area contributed by atoms with Crippen molar-refractivity contribution in [2.24, 2.45) is 0 Å². The summed E-state index contributed by atoms with van der Waals surface area (Å²) in [6.45, 7) is 2.82. The molecule has 1 atom stereocenters. The third-order valence-corrected chi connectivity index (χ3v) is 3.85. The third-order valence-electron chi connectivity index (χ3n) is 3.85. The molecule has 0 spiro atoms. The number of hydrogen-bond acceptors (Lipinski definition) is 5. The summed E-state index contributed by atoms with van der Waals surface area (Å²) in [5.74, 6) is -1.07. The van der Waals surface area contributed by atoms with Crippen molar-refractivity contribution in [2.45, 2.75) is 26.4 Å². The molecule has 0 aliphatic carbocycles. The lowest BCUT2D eigenvalue weighted by molar-refractivity contribution is -0.154. The predicted octanol–water partition coefficient (Wildman–Crippen LogP) is 2.31. The molecule has 2 N–H and O–H groups in total. The average Bonchev–Trinajstić information content (AvgIpc) is 2.71. The van der Waals surface area contributed by atoms with E-state index in [0.717, 1.165) is 12.0 Å². The van der Waals surface area contributed by atoms with Gasteiger partial charge in [0.2, 0.25) is 5.91 Å². The molecular formula is C21H24N2O5. The van der Waals surface area contributed by atoms with E-state index in [9.17, 15) is 14.4 Å². The minimum Gasteiger partial charge on any atom is -0.479 e. The van der Waals surface area contributed by atoms with Gasteiger partial charge in [-0.1, -0.05) is 43.3 Å². The molecule has 2 aromatic rings. The van der Waals surface area contributed by atoms with Crippen LogP contribution in [-0.4, -0.2) is 37.0 Å². The van der Waals surface area contributed by atoms with E-state index in [-0.39, 0.29) is 12.5 Å². The topological polar surface area (TPSA) is 93.7 Å². The fraction of sp³-hybridized carbons (Fsp3) is 0.286. The molecule has 0 aliphatic rings.